The summed E-state index contributed by atoms with van der Waals surface area (Å²) in [5.74, 6) is -0.0488. The average Bonchev–Trinajstić information content (AvgIpc) is 2.58. The van der Waals surface area contributed by atoms with Crippen LogP contribution in [-0.4, -0.2) is 63.9 Å². The van der Waals surface area contributed by atoms with E-state index in [0.29, 0.717) is 30.4 Å². The molecule has 0 spiro atoms. The second-order valence-corrected chi connectivity index (χ2v) is 5.91. The SMILES string of the molecule is CCC(C(=O)N1CCN(C)CC1)n1nnc2ccccc2c1=O. The fourth-order valence-corrected chi connectivity index (χ4v) is 2.90. The molecule has 0 aliphatic carbocycles. The van der Waals surface area contributed by atoms with Crippen LogP contribution < -0.4 is 5.56 Å². The largest absolute Gasteiger partial charge is 0.338 e. The van der Waals surface area contributed by atoms with Crippen molar-refractivity contribution >= 4 is 16.8 Å². The summed E-state index contributed by atoms with van der Waals surface area (Å²) in [6.45, 7) is 4.95. The van der Waals surface area contributed by atoms with E-state index in [-0.39, 0.29) is 11.5 Å². The molecule has 3 rings (SSSR count). The lowest BCUT2D eigenvalue weighted by Gasteiger charge is -2.34. The molecule has 2 heterocycles. The first-order valence-corrected chi connectivity index (χ1v) is 7.93. The minimum atomic E-state index is -0.594. The Morgan fingerprint density at radius 3 is 2.61 bits per heavy atom. The van der Waals surface area contributed by atoms with Crippen LogP contribution in [0.2, 0.25) is 0 Å². The molecule has 1 amide bonds. The van der Waals surface area contributed by atoms with Gasteiger partial charge in [0.2, 0.25) is 5.91 Å². The lowest BCUT2D eigenvalue weighted by molar-refractivity contribution is -0.137. The van der Waals surface area contributed by atoms with E-state index in [1.165, 1.54) is 4.68 Å². The van der Waals surface area contributed by atoms with Gasteiger partial charge in [-0.2, -0.15) is 4.68 Å². The number of benzene rings is 1. The molecule has 0 N–H and O–H groups in total. The van der Waals surface area contributed by atoms with Crippen LogP contribution in [0, 0.1) is 0 Å². The Kier molecular flexibility index (Phi) is 4.38. The van der Waals surface area contributed by atoms with E-state index >= 15 is 0 Å². The molecule has 23 heavy (non-hydrogen) atoms. The summed E-state index contributed by atoms with van der Waals surface area (Å²) in [5.41, 5.74) is 0.292. The summed E-state index contributed by atoms with van der Waals surface area (Å²) in [6.07, 6.45) is 0.512. The van der Waals surface area contributed by atoms with Crippen LogP contribution in [0.4, 0.5) is 0 Å². The highest BCUT2D eigenvalue weighted by Crippen LogP contribution is 2.15. The van der Waals surface area contributed by atoms with Gasteiger partial charge in [0.1, 0.15) is 11.6 Å². The number of hydrogen-bond acceptors (Lipinski definition) is 5. The fraction of sp³-hybridized carbons (Fsp3) is 0.500. The summed E-state index contributed by atoms with van der Waals surface area (Å²) in [5, 5.41) is 8.58. The van der Waals surface area contributed by atoms with Crippen molar-refractivity contribution in [2.75, 3.05) is 33.2 Å². The highest BCUT2D eigenvalue weighted by Gasteiger charge is 2.28. The van der Waals surface area contributed by atoms with Gasteiger partial charge >= 0.3 is 0 Å². The summed E-state index contributed by atoms with van der Waals surface area (Å²) in [6, 6.07) is 6.47. The third-order valence-electron chi connectivity index (χ3n) is 4.37. The molecule has 0 radical (unpaired) electrons. The van der Waals surface area contributed by atoms with Gasteiger partial charge in [0.25, 0.3) is 5.56 Å². The Bertz CT molecular complexity index is 764. The molecule has 1 saturated heterocycles. The first kappa shape index (κ1) is 15.6. The van der Waals surface area contributed by atoms with E-state index in [1.54, 1.807) is 18.2 Å². The standard InChI is InChI=1S/C16H21N5O2/c1-3-14(16(23)20-10-8-19(2)9-11-20)21-15(22)12-6-4-5-7-13(12)17-18-21/h4-7,14H,3,8-11H2,1-2H3. The van der Waals surface area contributed by atoms with Gasteiger partial charge < -0.3 is 9.80 Å². The molecule has 1 aromatic carbocycles. The smallest absolute Gasteiger partial charge is 0.278 e. The molecule has 1 aliphatic rings. The minimum Gasteiger partial charge on any atom is -0.338 e. The Balaban J connectivity index is 1.93. The molecule has 1 aliphatic heterocycles. The maximum absolute atomic E-state index is 12.8. The lowest BCUT2D eigenvalue weighted by Crippen LogP contribution is -2.50. The van der Waals surface area contributed by atoms with Crippen LogP contribution in [0.25, 0.3) is 10.9 Å². The van der Waals surface area contributed by atoms with E-state index in [0.717, 1.165) is 13.1 Å². The normalized spacial score (nSPS) is 17.4. The third kappa shape index (κ3) is 2.96. The van der Waals surface area contributed by atoms with Gasteiger partial charge in [0.15, 0.2) is 0 Å². The number of likely N-dealkylation sites (N-methyl/N-ethyl adjacent to an activating group) is 1. The maximum atomic E-state index is 12.8. The molecule has 7 heteroatoms. The number of carbonyl (C=O) groups excluding carboxylic acids is 1. The number of aromatic nitrogens is 3. The summed E-state index contributed by atoms with van der Waals surface area (Å²) >= 11 is 0. The molecular formula is C16H21N5O2. The molecule has 1 unspecified atom stereocenters. The molecule has 1 fully saturated rings. The number of rotatable bonds is 3. The van der Waals surface area contributed by atoms with Gasteiger partial charge in [-0.15, -0.1) is 5.10 Å². The zero-order valence-corrected chi connectivity index (χ0v) is 13.5. The van der Waals surface area contributed by atoms with Crippen LogP contribution in [-0.2, 0) is 4.79 Å². The highest BCUT2D eigenvalue weighted by atomic mass is 16.2. The molecule has 0 saturated carbocycles. The average molecular weight is 315 g/mol. The third-order valence-corrected chi connectivity index (χ3v) is 4.37. The second kappa shape index (κ2) is 6.45. The van der Waals surface area contributed by atoms with E-state index in [9.17, 15) is 9.59 Å². The zero-order valence-electron chi connectivity index (χ0n) is 13.5. The molecule has 1 atom stereocenters. The van der Waals surface area contributed by atoms with Gasteiger partial charge in [-0.1, -0.05) is 24.3 Å². The van der Waals surface area contributed by atoms with E-state index in [4.69, 9.17) is 0 Å². The molecular weight excluding hydrogens is 294 g/mol. The lowest BCUT2D eigenvalue weighted by atomic mass is 10.1. The highest BCUT2D eigenvalue weighted by molar-refractivity contribution is 5.81. The summed E-state index contributed by atoms with van der Waals surface area (Å²) < 4.78 is 1.24. The van der Waals surface area contributed by atoms with Gasteiger partial charge in [-0.3, -0.25) is 9.59 Å². The Morgan fingerprint density at radius 2 is 1.91 bits per heavy atom. The monoisotopic (exact) mass is 315 g/mol. The van der Waals surface area contributed by atoms with Crippen molar-refractivity contribution in [3.8, 4) is 0 Å². The second-order valence-electron chi connectivity index (χ2n) is 5.91. The quantitative estimate of drug-likeness (QED) is 0.825. The Morgan fingerprint density at radius 1 is 1.22 bits per heavy atom. The molecule has 122 valence electrons. The van der Waals surface area contributed by atoms with Gasteiger partial charge in [0, 0.05) is 26.2 Å². The minimum absolute atomic E-state index is 0.0488. The number of piperazine rings is 1. The van der Waals surface area contributed by atoms with Crippen LogP contribution >= 0.6 is 0 Å². The van der Waals surface area contributed by atoms with Crippen molar-refractivity contribution in [2.24, 2.45) is 0 Å². The van der Waals surface area contributed by atoms with Crippen LogP contribution in [0.15, 0.2) is 29.1 Å². The molecule has 0 bridgehead atoms. The number of fused-ring (bicyclic) bond motifs is 1. The van der Waals surface area contributed by atoms with E-state index in [2.05, 4.69) is 15.2 Å². The number of amides is 1. The van der Waals surface area contributed by atoms with Crippen LogP contribution in [0.5, 0.6) is 0 Å². The summed E-state index contributed by atoms with van der Waals surface area (Å²) in [4.78, 5) is 29.5. The van der Waals surface area contributed by atoms with Gasteiger partial charge in [-0.05, 0) is 25.6 Å². The predicted molar refractivity (Wildman–Crippen MR) is 87.2 cm³/mol. The predicted octanol–water partition coefficient (Wildman–Crippen LogP) is 0.517. The van der Waals surface area contributed by atoms with Crippen LogP contribution in [0.3, 0.4) is 0 Å². The van der Waals surface area contributed by atoms with Crippen molar-refractivity contribution in [2.45, 2.75) is 19.4 Å². The number of nitrogens with zero attached hydrogens (tertiary/aromatic N) is 5. The number of carbonyl (C=O) groups is 1. The van der Waals surface area contributed by atoms with Crippen molar-refractivity contribution in [1.82, 2.24) is 24.8 Å². The van der Waals surface area contributed by atoms with E-state index in [1.807, 2.05) is 24.9 Å². The summed E-state index contributed by atoms with van der Waals surface area (Å²) in [7, 11) is 2.04. The van der Waals surface area contributed by atoms with Crippen molar-refractivity contribution in [3.05, 3.63) is 34.6 Å². The van der Waals surface area contributed by atoms with Gasteiger partial charge in [-0.25, -0.2) is 0 Å². The molecule has 7 nitrogen and oxygen atoms in total. The number of hydrogen-bond donors (Lipinski definition) is 0. The van der Waals surface area contributed by atoms with Crippen LogP contribution in [0.1, 0.15) is 19.4 Å². The first-order valence-electron chi connectivity index (χ1n) is 7.93. The topological polar surface area (TPSA) is 71.3 Å². The zero-order chi connectivity index (χ0) is 16.4. The molecule has 2 aromatic rings. The Labute approximate surface area is 134 Å². The van der Waals surface area contributed by atoms with Crippen molar-refractivity contribution in [1.29, 1.82) is 0 Å². The van der Waals surface area contributed by atoms with E-state index < -0.39 is 6.04 Å². The first-order chi connectivity index (χ1) is 11.1. The fourth-order valence-electron chi connectivity index (χ4n) is 2.90. The van der Waals surface area contributed by atoms with Crippen molar-refractivity contribution in [3.63, 3.8) is 0 Å². The van der Waals surface area contributed by atoms with Crippen molar-refractivity contribution < 1.29 is 4.79 Å². The van der Waals surface area contributed by atoms with Gasteiger partial charge in [0.05, 0.1) is 5.39 Å². The maximum Gasteiger partial charge on any atom is 0.278 e. The Hall–Kier alpha value is -2.28. The molecule has 1 aromatic heterocycles.